The van der Waals surface area contributed by atoms with Crippen LogP contribution in [-0.2, 0) is 26.0 Å². The molecule has 0 spiro atoms. The van der Waals surface area contributed by atoms with Crippen LogP contribution < -0.4 is 5.32 Å². The van der Waals surface area contributed by atoms with E-state index in [9.17, 15) is 18.0 Å². The molecule has 0 atom stereocenters. The van der Waals surface area contributed by atoms with Crippen molar-refractivity contribution in [2.24, 2.45) is 0 Å². The van der Waals surface area contributed by atoms with Gasteiger partial charge < -0.3 is 10.2 Å². The molecule has 3 rings (SSSR count). The van der Waals surface area contributed by atoms with Gasteiger partial charge in [-0.2, -0.15) is 0 Å². The normalized spacial score (nSPS) is 19.4. The summed E-state index contributed by atoms with van der Waals surface area (Å²) in [5.74, 6) is -0.130. The number of hydrogen-bond acceptors (Lipinski definition) is 4. The van der Waals surface area contributed by atoms with Crippen LogP contribution >= 0.6 is 0 Å². The fraction of sp³-hybridized carbons (Fsp3) is 0.545. The highest BCUT2D eigenvalue weighted by molar-refractivity contribution is 7.89. The summed E-state index contributed by atoms with van der Waals surface area (Å²) in [5.41, 5.74) is 1.14. The first kappa shape index (κ1) is 22.5. The molecule has 1 N–H and O–H groups in total. The maximum atomic E-state index is 13.0. The Labute approximate surface area is 179 Å². The van der Waals surface area contributed by atoms with Crippen molar-refractivity contribution >= 4 is 21.8 Å². The van der Waals surface area contributed by atoms with Crippen molar-refractivity contribution in [2.45, 2.75) is 49.8 Å². The zero-order valence-corrected chi connectivity index (χ0v) is 18.1. The van der Waals surface area contributed by atoms with Crippen molar-refractivity contribution in [1.82, 2.24) is 14.5 Å². The van der Waals surface area contributed by atoms with E-state index in [4.69, 9.17) is 0 Å². The number of hydrogen-bond donors (Lipinski definition) is 1. The van der Waals surface area contributed by atoms with Gasteiger partial charge in [0.2, 0.25) is 21.8 Å². The molecular weight excluding hydrogens is 402 g/mol. The van der Waals surface area contributed by atoms with Gasteiger partial charge in [0.1, 0.15) is 0 Å². The number of benzene rings is 1. The highest BCUT2D eigenvalue weighted by Crippen LogP contribution is 2.24. The lowest BCUT2D eigenvalue weighted by Crippen LogP contribution is -2.51. The molecule has 2 heterocycles. The van der Waals surface area contributed by atoms with Crippen LogP contribution in [0.5, 0.6) is 0 Å². The lowest BCUT2D eigenvalue weighted by Gasteiger charge is -2.37. The molecule has 0 unspecified atom stereocenters. The lowest BCUT2D eigenvalue weighted by atomic mass is 10.1. The van der Waals surface area contributed by atoms with Crippen LogP contribution in [0.4, 0.5) is 0 Å². The van der Waals surface area contributed by atoms with Crippen LogP contribution in [0.1, 0.15) is 37.7 Å². The number of likely N-dealkylation sites (tertiary alicyclic amines) is 1. The van der Waals surface area contributed by atoms with E-state index in [1.165, 1.54) is 6.08 Å². The SMILES string of the molecule is C=CC(=O)NC1CCN(S(=O)(=O)C2CCN(C(=O)CCc3ccccc3)CC2)CC1. The van der Waals surface area contributed by atoms with E-state index in [1.54, 1.807) is 9.21 Å². The van der Waals surface area contributed by atoms with Crippen molar-refractivity contribution in [3.05, 3.63) is 48.6 Å². The quantitative estimate of drug-likeness (QED) is 0.663. The van der Waals surface area contributed by atoms with Gasteiger partial charge in [0.05, 0.1) is 5.25 Å². The fourth-order valence-electron chi connectivity index (χ4n) is 4.18. The average Bonchev–Trinajstić information content (AvgIpc) is 2.78. The summed E-state index contributed by atoms with van der Waals surface area (Å²) in [6.45, 7) is 5.25. The van der Waals surface area contributed by atoms with E-state index in [-0.39, 0.29) is 17.9 Å². The molecule has 2 fully saturated rings. The molecule has 2 aliphatic rings. The summed E-state index contributed by atoms with van der Waals surface area (Å²) < 4.78 is 27.6. The third-order valence-corrected chi connectivity index (χ3v) is 8.43. The van der Waals surface area contributed by atoms with Gasteiger partial charge in [0, 0.05) is 38.6 Å². The zero-order chi connectivity index (χ0) is 21.6. The largest absolute Gasteiger partial charge is 0.350 e. The number of sulfonamides is 1. The molecule has 0 saturated carbocycles. The fourth-order valence-corrected chi connectivity index (χ4v) is 6.13. The molecule has 0 aliphatic carbocycles. The van der Waals surface area contributed by atoms with Crippen LogP contribution in [-0.4, -0.2) is 66.9 Å². The first-order valence-corrected chi connectivity index (χ1v) is 12.1. The first-order chi connectivity index (χ1) is 14.4. The van der Waals surface area contributed by atoms with Crippen molar-refractivity contribution < 1.29 is 18.0 Å². The second kappa shape index (κ2) is 10.2. The summed E-state index contributed by atoms with van der Waals surface area (Å²) in [4.78, 5) is 25.7. The van der Waals surface area contributed by atoms with Crippen molar-refractivity contribution in [2.75, 3.05) is 26.2 Å². The zero-order valence-electron chi connectivity index (χ0n) is 17.3. The number of aryl methyl sites for hydroxylation is 1. The minimum absolute atomic E-state index is 0.00830. The van der Waals surface area contributed by atoms with E-state index in [2.05, 4.69) is 11.9 Å². The van der Waals surface area contributed by atoms with Crippen LogP contribution in [0.3, 0.4) is 0 Å². The minimum atomic E-state index is -3.38. The van der Waals surface area contributed by atoms with Gasteiger partial charge in [-0.1, -0.05) is 36.9 Å². The van der Waals surface area contributed by atoms with E-state index < -0.39 is 15.3 Å². The molecule has 30 heavy (non-hydrogen) atoms. The second-order valence-electron chi connectivity index (χ2n) is 8.00. The smallest absolute Gasteiger partial charge is 0.243 e. The maximum absolute atomic E-state index is 13.0. The summed E-state index contributed by atoms with van der Waals surface area (Å²) >= 11 is 0. The number of nitrogens with zero attached hydrogens (tertiary/aromatic N) is 2. The van der Waals surface area contributed by atoms with Crippen LogP contribution in [0.25, 0.3) is 0 Å². The molecule has 164 valence electrons. The van der Waals surface area contributed by atoms with Gasteiger partial charge in [-0.3, -0.25) is 9.59 Å². The molecule has 7 nitrogen and oxygen atoms in total. The Morgan fingerprint density at radius 2 is 1.67 bits per heavy atom. The second-order valence-corrected chi connectivity index (χ2v) is 10.2. The monoisotopic (exact) mass is 433 g/mol. The van der Waals surface area contributed by atoms with Gasteiger partial charge in [-0.05, 0) is 43.7 Å². The number of piperidine rings is 2. The highest BCUT2D eigenvalue weighted by atomic mass is 32.2. The number of carbonyl (C=O) groups is 2. The Balaban J connectivity index is 1.45. The van der Waals surface area contributed by atoms with Gasteiger partial charge in [-0.15, -0.1) is 0 Å². The topological polar surface area (TPSA) is 86.8 Å². The molecule has 2 aliphatic heterocycles. The summed E-state index contributed by atoms with van der Waals surface area (Å²) in [5, 5.41) is 2.40. The molecule has 0 bridgehead atoms. The van der Waals surface area contributed by atoms with Gasteiger partial charge in [0.25, 0.3) is 0 Å². The third-order valence-electron chi connectivity index (χ3n) is 6.03. The number of nitrogens with one attached hydrogen (secondary N) is 1. The molecule has 1 aromatic rings. The van der Waals surface area contributed by atoms with Gasteiger partial charge >= 0.3 is 0 Å². The summed E-state index contributed by atoms with van der Waals surface area (Å²) in [6, 6.07) is 9.90. The Bertz CT molecular complexity index is 840. The Morgan fingerprint density at radius 1 is 1.03 bits per heavy atom. The van der Waals surface area contributed by atoms with E-state index in [1.807, 2.05) is 30.3 Å². The highest BCUT2D eigenvalue weighted by Gasteiger charge is 2.37. The molecule has 2 amide bonds. The van der Waals surface area contributed by atoms with Crippen LogP contribution in [0, 0.1) is 0 Å². The number of carbonyl (C=O) groups excluding carboxylic acids is 2. The standard InChI is InChI=1S/C22H31N3O4S/c1-2-21(26)23-19-10-16-25(17-11-19)30(28,29)20-12-14-24(15-13-20)22(27)9-8-18-6-4-3-5-7-18/h2-7,19-20H,1,8-17H2,(H,23,26). The predicted molar refractivity (Wildman–Crippen MR) is 116 cm³/mol. The third kappa shape index (κ3) is 5.70. The molecule has 0 radical (unpaired) electrons. The lowest BCUT2D eigenvalue weighted by molar-refractivity contribution is -0.132. The maximum Gasteiger partial charge on any atom is 0.243 e. The van der Waals surface area contributed by atoms with E-state index in [0.29, 0.717) is 64.7 Å². The molecule has 0 aromatic heterocycles. The molecular formula is C22H31N3O4S. The van der Waals surface area contributed by atoms with Crippen molar-refractivity contribution in [1.29, 1.82) is 0 Å². The van der Waals surface area contributed by atoms with E-state index >= 15 is 0 Å². The molecule has 8 heteroatoms. The van der Waals surface area contributed by atoms with E-state index in [0.717, 1.165) is 5.56 Å². The Kier molecular flexibility index (Phi) is 7.66. The first-order valence-electron chi connectivity index (χ1n) is 10.6. The van der Waals surface area contributed by atoms with Crippen molar-refractivity contribution in [3.63, 3.8) is 0 Å². The van der Waals surface area contributed by atoms with Gasteiger partial charge in [-0.25, -0.2) is 12.7 Å². The minimum Gasteiger partial charge on any atom is -0.350 e. The van der Waals surface area contributed by atoms with Crippen LogP contribution in [0.2, 0.25) is 0 Å². The number of rotatable bonds is 7. The van der Waals surface area contributed by atoms with Crippen LogP contribution in [0.15, 0.2) is 43.0 Å². The Hall–Kier alpha value is -2.19. The predicted octanol–water partition coefficient (Wildman–Crippen LogP) is 1.71. The molecule has 1 aromatic carbocycles. The number of amides is 2. The summed E-state index contributed by atoms with van der Waals surface area (Å²) in [7, 11) is -3.38. The average molecular weight is 434 g/mol. The summed E-state index contributed by atoms with van der Waals surface area (Å²) in [6.07, 6.45) is 4.56. The molecule has 2 saturated heterocycles. The van der Waals surface area contributed by atoms with Gasteiger partial charge in [0.15, 0.2) is 0 Å². The Morgan fingerprint density at radius 3 is 2.27 bits per heavy atom. The van der Waals surface area contributed by atoms with Crippen molar-refractivity contribution in [3.8, 4) is 0 Å².